The third-order valence-electron chi connectivity index (χ3n) is 6.91. The summed E-state index contributed by atoms with van der Waals surface area (Å²) in [5.74, 6) is 2.85. The van der Waals surface area contributed by atoms with Gasteiger partial charge in [-0.3, -0.25) is 9.36 Å². The summed E-state index contributed by atoms with van der Waals surface area (Å²) in [6.45, 7) is 2.06. The first kappa shape index (κ1) is 15.2. The lowest BCUT2D eigenvalue weighted by molar-refractivity contribution is -0.0356. The van der Waals surface area contributed by atoms with Gasteiger partial charge in [-0.25, -0.2) is 4.98 Å². The van der Waals surface area contributed by atoms with Crippen LogP contribution in [0.4, 0.5) is 5.82 Å². The number of aromatic nitrogens is 2. The number of nitrogens with zero attached hydrogens (tertiary/aromatic N) is 2. The molecule has 4 nitrogen and oxygen atoms in total. The van der Waals surface area contributed by atoms with Gasteiger partial charge in [-0.1, -0.05) is 18.2 Å². The number of imidazole rings is 1. The highest BCUT2D eigenvalue weighted by Gasteiger charge is 2.55. The van der Waals surface area contributed by atoms with Crippen molar-refractivity contribution in [2.24, 2.45) is 23.2 Å². The van der Waals surface area contributed by atoms with Gasteiger partial charge in [0.25, 0.3) is 0 Å². The molecule has 130 valence electrons. The van der Waals surface area contributed by atoms with Gasteiger partial charge in [0, 0.05) is 5.41 Å². The summed E-state index contributed by atoms with van der Waals surface area (Å²) in [5.41, 5.74) is 8.74. The molecule has 4 saturated carbocycles. The van der Waals surface area contributed by atoms with Crippen molar-refractivity contribution >= 4 is 11.6 Å². The number of Topliss-reactive ketones (excluding diaryl/α,β-unsaturated/α-hetero) is 1. The first-order valence-corrected chi connectivity index (χ1v) is 9.49. The molecule has 1 aromatic heterocycles. The third kappa shape index (κ3) is 2.19. The molecule has 4 aliphatic rings. The van der Waals surface area contributed by atoms with Crippen LogP contribution in [0, 0.1) is 30.1 Å². The lowest BCUT2D eigenvalue weighted by atomic mass is 9.48. The van der Waals surface area contributed by atoms with Crippen LogP contribution in [0.25, 0.3) is 5.69 Å². The van der Waals surface area contributed by atoms with Crippen LogP contribution in [0.2, 0.25) is 0 Å². The number of hydrogen-bond acceptors (Lipinski definition) is 3. The first-order chi connectivity index (χ1) is 12.1. The molecule has 6 rings (SSSR count). The largest absolute Gasteiger partial charge is 0.382 e. The SMILES string of the molecule is Cc1ccccc1-n1cnc(N)c1C(=O)C12CC3CC(CC(C3)C1)C2. The summed E-state index contributed by atoms with van der Waals surface area (Å²) >= 11 is 0. The maximum atomic E-state index is 13.7. The molecule has 4 bridgehead atoms. The number of nitrogens with two attached hydrogens (primary N) is 1. The lowest BCUT2D eigenvalue weighted by Gasteiger charge is -2.55. The Bertz CT molecular complexity index is 815. The normalized spacial score (nSPS) is 32.9. The van der Waals surface area contributed by atoms with Crippen LogP contribution in [0.15, 0.2) is 30.6 Å². The molecule has 4 aliphatic carbocycles. The van der Waals surface area contributed by atoms with Crippen molar-refractivity contribution in [3.63, 3.8) is 0 Å². The van der Waals surface area contributed by atoms with Crippen LogP contribution < -0.4 is 5.73 Å². The topological polar surface area (TPSA) is 60.9 Å². The second-order valence-electron chi connectivity index (χ2n) is 8.66. The van der Waals surface area contributed by atoms with E-state index in [1.165, 1.54) is 19.3 Å². The Morgan fingerprint density at radius 2 is 1.72 bits per heavy atom. The highest BCUT2D eigenvalue weighted by Crippen LogP contribution is 2.61. The molecular formula is C21H25N3O. The molecule has 0 spiro atoms. The Balaban J connectivity index is 1.59. The second kappa shape index (κ2) is 5.20. The van der Waals surface area contributed by atoms with E-state index in [1.54, 1.807) is 6.33 Å². The van der Waals surface area contributed by atoms with Crippen LogP contribution in [0.3, 0.4) is 0 Å². The molecule has 25 heavy (non-hydrogen) atoms. The number of para-hydroxylation sites is 1. The number of ketones is 1. The van der Waals surface area contributed by atoms with Crippen LogP contribution in [0.1, 0.15) is 54.6 Å². The van der Waals surface area contributed by atoms with Crippen LogP contribution in [0.5, 0.6) is 0 Å². The Labute approximate surface area is 148 Å². The van der Waals surface area contributed by atoms with Crippen molar-refractivity contribution in [2.75, 3.05) is 5.73 Å². The van der Waals surface area contributed by atoms with E-state index in [1.807, 2.05) is 22.8 Å². The lowest BCUT2D eigenvalue weighted by Crippen LogP contribution is -2.50. The molecule has 0 radical (unpaired) electrons. The average molecular weight is 335 g/mol. The first-order valence-electron chi connectivity index (χ1n) is 9.49. The molecule has 1 heterocycles. The zero-order valence-corrected chi connectivity index (χ0v) is 14.7. The van der Waals surface area contributed by atoms with Crippen molar-refractivity contribution in [2.45, 2.75) is 45.4 Å². The number of anilines is 1. The fourth-order valence-electron chi connectivity index (χ4n) is 6.24. The molecule has 0 saturated heterocycles. The number of benzene rings is 1. The van der Waals surface area contributed by atoms with Crippen LogP contribution in [-0.2, 0) is 0 Å². The standard InChI is InChI=1S/C21H25N3O/c1-13-4-2-3-5-17(13)24-12-23-20(22)18(24)19(25)21-9-14-6-15(10-21)8-16(7-14)11-21/h2-5,12,14-16H,6-11,22H2,1H3. The smallest absolute Gasteiger partial charge is 0.189 e. The number of nitrogen functional groups attached to an aromatic ring is 1. The molecular weight excluding hydrogens is 310 g/mol. The van der Waals surface area contributed by atoms with E-state index in [9.17, 15) is 4.79 Å². The van der Waals surface area contributed by atoms with Crippen LogP contribution in [-0.4, -0.2) is 15.3 Å². The summed E-state index contributed by atoms with van der Waals surface area (Å²) < 4.78 is 1.92. The number of rotatable bonds is 3. The van der Waals surface area contributed by atoms with Gasteiger partial charge >= 0.3 is 0 Å². The number of carbonyl (C=O) groups is 1. The molecule has 0 aliphatic heterocycles. The van der Waals surface area contributed by atoms with Crippen molar-refractivity contribution in [3.8, 4) is 5.69 Å². The van der Waals surface area contributed by atoms with E-state index in [0.717, 1.165) is 48.3 Å². The van der Waals surface area contributed by atoms with Gasteiger partial charge in [-0.2, -0.15) is 0 Å². The van der Waals surface area contributed by atoms with Crippen molar-refractivity contribution in [1.29, 1.82) is 0 Å². The fraction of sp³-hybridized carbons (Fsp3) is 0.524. The summed E-state index contributed by atoms with van der Waals surface area (Å²) in [6.07, 6.45) is 8.87. The molecule has 1 aromatic carbocycles. The fourth-order valence-corrected chi connectivity index (χ4v) is 6.24. The maximum absolute atomic E-state index is 13.7. The molecule has 2 aromatic rings. The quantitative estimate of drug-likeness (QED) is 0.857. The van der Waals surface area contributed by atoms with E-state index in [2.05, 4.69) is 18.0 Å². The van der Waals surface area contributed by atoms with E-state index in [0.29, 0.717) is 11.5 Å². The molecule has 4 heteroatoms. The minimum absolute atomic E-state index is 0.191. The van der Waals surface area contributed by atoms with Gasteiger partial charge in [0.2, 0.25) is 0 Å². The van der Waals surface area contributed by atoms with Crippen LogP contribution >= 0.6 is 0 Å². The molecule has 0 unspecified atom stereocenters. The Morgan fingerprint density at radius 3 is 2.32 bits per heavy atom. The Kier molecular flexibility index (Phi) is 3.16. The molecule has 2 N–H and O–H groups in total. The highest BCUT2D eigenvalue weighted by atomic mass is 16.1. The van der Waals surface area contributed by atoms with E-state index >= 15 is 0 Å². The van der Waals surface area contributed by atoms with Crippen molar-refractivity contribution < 1.29 is 4.79 Å². The van der Waals surface area contributed by atoms with E-state index in [-0.39, 0.29) is 11.2 Å². The predicted octanol–water partition coefficient (Wildman–Crippen LogP) is 4.16. The summed E-state index contributed by atoms with van der Waals surface area (Å²) in [6, 6.07) is 8.11. The van der Waals surface area contributed by atoms with E-state index in [4.69, 9.17) is 5.73 Å². The van der Waals surface area contributed by atoms with Gasteiger partial charge in [-0.15, -0.1) is 0 Å². The number of carbonyl (C=O) groups excluding carboxylic acids is 1. The summed E-state index contributed by atoms with van der Waals surface area (Å²) in [5, 5.41) is 0. The number of aryl methyl sites for hydroxylation is 1. The zero-order valence-electron chi connectivity index (χ0n) is 14.7. The number of hydrogen-bond donors (Lipinski definition) is 1. The predicted molar refractivity (Wildman–Crippen MR) is 97.6 cm³/mol. The molecule has 0 amide bonds. The van der Waals surface area contributed by atoms with E-state index < -0.39 is 0 Å². The van der Waals surface area contributed by atoms with Gasteiger partial charge in [-0.05, 0) is 74.8 Å². The Hall–Kier alpha value is -2.10. The minimum Gasteiger partial charge on any atom is -0.382 e. The highest BCUT2D eigenvalue weighted by molar-refractivity contribution is 6.03. The second-order valence-corrected chi connectivity index (χ2v) is 8.66. The third-order valence-corrected chi connectivity index (χ3v) is 6.91. The van der Waals surface area contributed by atoms with Crippen molar-refractivity contribution in [1.82, 2.24) is 9.55 Å². The van der Waals surface area contributed by atoms with Gasteiger partial charge < -0.3 is 5.73 Å². The summed E-state index contributed by atoms with van der Waals surface area (Å²) in [7, 11) is 0. The van der Waals surface area contributed by atoms with Gasteiger partial charge in [0.05, 0.1) is 5.69 Å². The van der Waals surface area contributed by atoms with Gasteiger partial charge in [0.1, 0.15) is 12.0 Å². The molecule has 4 fully saturated rings. The maximum Gasteiger partial charge on any atom is 0.189 e. The van der Waals surface area contributed by atoms with Gasteiger partial charge in [0.15, 0.2) is 11.6 Å². The molecule has 0 atom stereocenters. The zero-order chi connectivity index (χ0) is 17.2. The Morgan fingerprint density at radius 1 is 1.12 bits per heavy atom. The van der Waals surface area contributed by atoms with Crippen molar-refractivity contribution in [3.05, 3.63) is 41.9 Å². The minimum atomic E-state index is -0.191. The summed E-state index contributed by atoms with van der Waals surface area (Å²) in [4.78, 5) is 18.0. The average Bonchev–Trinajstić information content (AvgIpc) is 2.94. The monoisotopic (exact) mass is 335 g/mol.